The van der Waals surface area contributed by atoms with Gasteiger partial charge in [-0.05, 0) is 38.3 Å². The summed E-state index contributed by atoms with van der Waals surface area (Å²) < 4.78 is 0. The number of carbonyl (C=O) groups excluding carboxylic acids is 2. The topological polar surface area (TPSA) is 150 Å². The van der Waals surface area contributed by atoms with Crippen LogP contribution in [-0.2, 0) is 14.4 Å². The summed E-state index contributed by atoms with van der Waals surface area (Å²) in [6.07, 6.45) is -0.881. The number of benzene rings is 1. The van der Waals surface area contributed by atoms with Crippen molar-refractivity contribution in [3.05, 3.63) is 29.3 Å². The molecule has 0 bridgehead atoms. The molecule has 9 nitrogen and oxygen atoms in total. The largest absolute Gasteiger partial charge is 0.481 e. The highest BCUT2D eigenvalue weighted by Gasteiger charge is 2.40. The summed E-state index contributed by atoms with van der Waals surface area (Å²) in [7, 11) is 0. The van der Waals surface area contributed by atoms with Crippen LogP contribution in [0.25, 0.3) is 0 Å². The highest BCUT2D eigenvalue weighted by molar-refractivity contribution is 6.33. The predicted molar refractivity (Wildman–Crippen MR) is 138 cm³/mol. The SMILES string of the molecule is CC(C)C(CC(O)C(N)CN1CC(=O)N(c2ccccc2Cl)CC1(C)C)C(=O)O.CC(C)C(N)=O. The first-order valence-electron chi connectivity index (χ1n) is 11.8. The van der Waals surface area contributed by atoms with Gasteiger partial charge in [0.25, 0.3) is 0 Å². The van der Waals surface area contributed by atoms with E-state index in [-0.39, 0.29) is 36.6 Å². The van der Waals surface area contributed by atoms with Crippen LogP contribution in [0.4, 0.5) is 5.69 Å². The summed E-state index contributed by atoms with van der Waals surface area (Å²) in [4.78, 5) is 37.8. The number of primary amides is 1. The molecule has 1 heterocycles. The van der Waals surface area contributed by atoms with Gasteiger partial charge in [-0.15, -0.1) is 0 Å². The van der Waals surface area contributed by atoms with Crippen molar-refractivity contribution in [2.75, 3.05) is 24.5 Å². The van der Waals surface area contributed by atoms with Gasteiger partial charge >= 0.3 is 5.97 Å². The highest BCUT2D eigenvalue weighted by Crippen LogP contribution is 2.31. The molecule has 1 aromatic carbocycles. The van der Waals surface area contributed by atoms with Gasteiger partial charge in [-0.1, -0.05) is 51.4 Å². The lowest BCUT2D eigenvalue weighted by atomic mass is 9.87. The first-order valence-corrected chi connectivity index (χ1v) is 12.2. The van der Waals surface area contributed by atoms with Crippen LogP contribution < -0.4 is 16.4 Å². The number of carboxylic acids is 1. The molecular weight excluding hydrogens is 472 g/mol. The van der Waals surface area contributed by atoms with E-state index in [4.69, 9.17) is 23.1 Å². The van der Waals surface area contributed by atoms with E-state index in [1.165, 1.54) is 0 Å². The second-order valence-electron chi connectivity index (χ2n) is 10.3. The standard InChI is InChI=1S/C21H32ClN3O4.C4H9NO/c1-13(2)14(20(28)29)9-18(26)16(23)10-24-11-19(27)25(12-21(24,3)4)17-8-6-5-7-15(17)22;1-3(2)4(5)6/h5-8,13-14,16,18,26H,9-12,23H2,1-4H3,(H,28,29);3H,1-2H3,(H2,5,6). The molecule has 35 heavy (non-hydrogen) atoms. The molecule has 10 heteroatoms. The number of aliphatic hydroxyl groups excluding tert-OH is 1. The van der Waals surface area contributed by atoms with Gasteiger partial charge in [0.15, 0.2) is 0 Å². The Morgan fingerprint density at radius 2 is 1.71 bits per heavy atom. The lowest BCUT2D eigenvalue weighted by Crippen LogP contribution is -2.64. The number of para-hydroxylation sites is 1. The van der Waals surface area contributed by atoms with Crippen molar-refractivity contribution >= 4 is 35.1 Å². The predicted octanol–water partition coefficient (Wildman–Crippen LogP) is 2.33. The van der Waals surface area contributed by atoms with Crippen molar-refractivity contribution in [3.63, 3.8) is 0 Å². The summed E-state index contributed by atoms with van der Waals surface area (Å²) in [5, 5.41) is 20.4. The number of amides is 2. The van der Waals surface area contributed by atoms with E-state index < -0.39 is 29.6 Å². The summed E-state index contributed by atoms with van der Waals surface area (Å²) in [5.41, 5.74) is 11.3. The monoisotopic (exact) mass is 512 g/mol. The van der Waals surface area contributed by atoms with Crippen LogP contribution in [0.3, 0.4) is 0 Å². The van der Waals surface area contributed by atoms with Crippen molar-refractivity contribution < 1.29 is 24.6 Å². The molecule has 1 fully saturated rings. The highest BCUT2D eigenvalue weighted by atomic mass is 35.5. The zero-order chi connectivity index (χ0) is 27.1. The molecule has 0 aromatic heterocycles. The summed E-state index contributed by atoms with van der Waals surface area (Å²) in [6, 6.07) is 6.57. The summed E-state index contributed by atoms with van der Waals surface area (Å²) >= 11 is 6.27. The van der Waals surface area contributed by atoms with Gasteiger partial charge in [-0.25, -0.2) is 0 Å². The molecule has 3 unspecified atom stereocenters. The molecular formula is C25H41ClN4O5. The molecule has 0 radical (unpaired) electrons. The number of hydrogen-bond acceptors (Lipinski definition) is 6. The van der Waals surface area contributed by atoms with Gasteiger partial charge in [-0.2, -0.15) is 0 Å². The zero-order valence-corrected chi connectivity index (χ0v) is 22.3. The third-order valence-corrected chi connectivity index (χ3v) is 6.60. The van der Waals surface area contributed by atoms with Crippen molar-refractivity contribution in [3.8, 4) is 0 Å². The molecule has 0 spiro atoms. The molecule has 0 saturated carbocycles. The van der Waals surface area contributed by atoms with Crippen molar-refractivity contribution in [1.82, 2.24) is 4.90 Å². The van der Waals surface area contributed by atoms with Crippen molar-refractivity contribution in [2.45, 2.75) is 65.6 Å². The van der Waals surface area contributed by atoms with Crippen LogP contribution >= 0.6 is 11.6 Å². The Bertz CT molecular complexity index is 877. The minimum atomic E-state index is -0.967. The van der Waals surface area contributed by atoms with Gasteiger partial charge in [-0.3, -0.25) is 19.3 Å². The van der Waals surface area contributed by atoms with Crippen LogP contribution in [0.2, 0.25) is 5.02 Å². The normalized spacial score (nSPS) is 18.6. The second-order valence-corrected chi connectivity index (χ2v) is 10.7. The number of hydrogen-bond donors (Lipinski definition) is 4. The number of nitrogens with two attached hydrogens (primary N) is 2. The van der Waals surface area contributed by atoms with Gasteiger partial charge < -0.3 is 26.6 Å². The zero-order valence-electron chi connectivity index (χ0n) is 21.6. The van der Waals surface area contributed by atoms with Crippen LogP contribution in [0.1, 0.15) is 48.0 Å². The molecule has 1 aromatic rings. The lowest BCUT2D eigenvalue weighted by Gasteiger charge is -2.47. The number of aliphatic carboxylic acids is 1. The van der Waals surface area contributed by atoms with Gasteiger partial charge in [0.05, 0.1) is 29.3 Å². The maximum Gasteiger partial charge on any atom is 0.306 e. The Balaban J connectivity index is 0.000000905. The van der Waals surface area contributed by atoms with E-state index in [9.17, 15) is 24.6 Å². The van der Waals surface area contributed by atoms with Gasteiger partial charge in [0, 0.05) is 30.6 Å². The quantitative estimate of drug-likeness (QED) is 0.396. The summed E-state index contributed by atoms with van der Waals surface area (Å²) in [5.74, 6) is -2.05. The number of anilines is 1. The molecule has 6 N–H and O–H groups in total. The van der Waals surface area contributed by atoms with E-state index in [1.54, 1.807) is 24.8 Å². The first-order chi connectivity index (χ1) is 16.1. The third-order valence-electron chi connectivity index (χ3n) is 6.28. The van der Waals surface area contributed by atoms with E-state index in [0.29, 0.717) is 23.8 Å². The Hall–Kier alpha value is -2.20. The average molecular weight is 513 g/mol. The number of aliphatic hydroxyl groups is 1. The number of carboxylic acid groups (broad SMARTS) is 1. The number of nitrogens with zero attached hydrogens (tertiary/aromatic N) is 2. The maximum absolute atomic E-state index is 12.8. The average Bonchev–Trinajstić information content (AvgIpc) is 2.74. The second kappa shape index (κ2) is 13.2. The molecule has 0 aliphatic carbocycles. The molecule has 2 amide bonds. The van der Waals surface area contributed by atoms with Gasteiger partial charge in [0.1, 0.15) is 0 Å². The van der Waals surface area contributed by atoms with Crippen LogP contribution in [0, 0.1) is 17.8 Å². The van der Waals surface area contributed by atoms with Crippen molar-refractivity contribution in [1.29, 1.82) is 0 Å². The minimum Gasteiger partial charge on any atom is -0.481 e. The lowest BCUT2D eigenvalue weighted by molar-refractivity contribution is -0.144. The van der Waals surface area contributed by atoms with Crippen molar-refractivity contribution in [2.24, 2.45) is 29.2 Å². The van der Waals surface area contributed by atoms with Crippen LogP contribution in [0.15, 0.2) is 24.3 Å². The van der Waals surface area contributed by atoms with Crippen LogP contribution in [-0.4, -0.2) is 70.2 Å². The van der Waals surface area contributed by atoms with Gasteiger partial charge in [0.2, 0.25) is 11.8 Å². The number of carbonyl (C=O) groups is 3. The summed E-state index contributed by atoms with van der Waals surface area (Å²) in [6.45, 7) is 12.0. The number of halogens is 1. The van der Waals surface area contributed by atoms with E-state index in [0.717, 1.165) is 0 Å². The first kappa shape index (κ1) is 30.8. The fraction of sp³-hybridized carbons (Fsp3) is 0.640. The molecule has 1 saturated heterocycles. The fourth-order valence-corrected chi connectivity index (χ4v) is 3.95. The number of piperazine rings is 1. The van der Waals surface area contributed by atoms with Crippen LogP contribution in [0.5, 0.6) is 0 Å². The fourth-order valence-electron chi connectivity index (χ4n) is 3.71. The van der Waals surface area contributed by atoms with E-state index in [2.05, 4.69) is 0 Å². The molecule has 1 aliphatic heterocycles. The van der Waals surface area contributed by atoms with E-state index in [1.807, 2.05) is 50.8 Å². The maximum atomic E-state index is 12.8. The number of rotatable bonds is 9. The Morgan fingerprint density at radius 1 is 1.17 bits per heavy atom. The molecule has 2 rings (SSSR count). The molecule has 3 atom stereocenters. The molecule has 198 valence electrons. The minimum absolute atomic E-state index is 0.00926. The Kier molecular flexibility index (Phi) is 11.6. The van der Waals surface area contributed by atoms with E-state index >= 15 is 0 Å². The smallest absolute Gasteiger partial charge is 0.306 e. The molecule has 1 aliphatic rings. The Labute approximate surface area is 213 Å². The Morgan fingerprint density at radius 3 is 2.17 bits per heavy atom. The third kappa shape index (κ3) is 9.07.